The quantitative estimate of drug-likeness (QED) is 0.731. The van der Waals surface area contributed by atoms with Crippen molar-refractivity contribution in [2.24, 2.45) is 0 Å². The maximum Gasteiger partial charge on any atom is 0.134 e. The summed E-state index contributed by atoms with van der Waals surface area (Å²) >= 11 is 0. The Bertz CT molecular complexity index is 917. The molecule has 0 saturated carbocycles. The molecule has 0 atom stereocenters. The highest BCUT2D eigenvalue weighted by Crippen LogP contribution is 2.25. The molecule has 1 aliphatic rings. The number of rotatable bonds is 5. The fraction of sp³-hybridized carbons (Fsp3) is 0.304. The van der Waals surface area contributed by atoms with Gasteiger partial charge in [0.25, 0.3) is 0 Å². The van der Waals surface area contributed by atoms with E-state index in [4.69, 9.17) is 0 Å². The minimum absolute atomic E-state index is 0.762. The van der Waals surface area contributed by atoms with Crippen molar-refractivity contribution in [3.05, 3.63) is 77.6 Å². The lowest BCUT2D eigenvalue weighted by molar-refractivity contribution is 0.645. The topological polar surface area (TPSA) is 44.3 Å². The number of hydrogen-bond acceptors (Lipinski definition) is 5. The molecule has 0 spiro atoms. The Morgan fingerprint density at radius 2 is 1.61 bits per heavy atom. The zero-order chi connectivity index (χ0) is 19.3. The van der Waals surface area contributed by atoms with Gasteiger partial charge in [-0.1, -0.05) is 42.5 Å². The summed E-state index contributed by atoms with van der Waals surface area (Å²) in [6.07, 6.45) is 1.65. The predicted octanol–water partition coefficient (Wildman–Crippen LogP) is 4.03. The van der Waals surface area contributed by atoms with Crippen molar-refractivity contribution >= 4 is 17.3 Å². The summed E-state index contributed by atoms with van der Waals surface area (Å²) in [6.45, 7) is 9.08. The van der Waals surface area contributed by atoms with Crippen molar-refractivity contribution in [1.29, 1.82) is 0 Å². The molecule has 1 aliphatic heterocycles. The Kier molecular flexibility index (Phi) is 5.42. The van der Waals surface area contributed by atoms with Crippen LogP contribution in [0.25, 0.3) is 0 Å². The fourth-order valence-electron chi connectivity index (χ4n) is 3.66. The third kappa shape index (κ3) is 4.09. The first kappa shape index (κ1) is 18.3. The molecule has 1 fully saturated rings. The van der Waals surface area contributed by atoms with Gasteiger partial charge in [-0.05, 0) is 36.6 Å². The molecule has 0 aliphatic carbocycles. The van der Waals surface area contributed by atoms with Gasteiger partial charge in [0.05, 0.1) is 0 Å². The van der Waals surface area contributed by atoms with E-state index >= 15 is 0 Å². The predicted molar refractivity (Wildman–Crippen MR) is 116 cm³/mol. The third-order valence-corrected chi connectivity index (χ3v) is 5.49. The summed E-state index contributed by atoms with van der Waals surface area (Å²) in [5.41, 5.74) is 5.33. The Hall–Kier alpha value is -3.08. The molecule has 144 valence electrons. The van der Waals surface area contributed by atoms with Gasteiger partial charge in [-0.3, -0.25) is 0 Å². The van der Waals surface area contributed by atoms with Crippen LogP contribution < -0.4 is 15.1 Å². The van der Waals surface area contributed by atoms with Crippen LogP contribution in [0.1, 0.15) is 16.7 Å². The van der Waals surface area contributed by atoms with E-state index in [-0.39, 0.29) is 0 Å². The van der Waals surface area contributed by atoms with Crippen molar-refractivity contribution in [2.75, 3.05) is 41.3 Å². The number of nitrogens with zero attached hydrogens (tertiary/aromatic N) is 4. The van der Waals surface area contributed by atoms with Gasteiger partial charge in [-0.15, -0.1) is 0 Å². The molecule has 0 bridgehead atoms. The van der Waals surface area contributed by atoms with Crippen LogP contribution >= 0.6 is 0 Å². The van der Waals surface area contributed by atoms with Crippen molar-refractivity contribution in [3.8, 4) is 0 Å². The van der Waals surface area contributed by atoms with E-state index in [1.807, 2.05) is 6.07 Å². The summed E-state index contributed by atoms with van der Waals surface area (Å²) in [4.78, 5) is 13.7. The standard InChI is InChI=1S/C23H27N5/c1-18-7-6-10-21(19(18)2)27-11-13-28(14-12-27)23-15-22(25-17-26-23)24-16-20-8-4-3-5-9-20/h3-10,15,17H,11-14,16H2,1-2H3,(H,24,25,26). The molecule has 28 heavy (non-hydrogen) atoms. The Morgan fingerprint density at radius 1 is 0.857 bits per heavy atom. The Balaban J connectivity index is 1.39. The number of aryl methyl sites for hydroxylation is 1. The highest BCUT2D eigenvalue weighted by atomic mass is 15.3. The van der Waals surface area contributed by atoms with Gasteiger partial charge in [-0.25, -0.2) is 9.97 Å². The molecule has 5 heteroatoms. The van der Waals surface area contributed by atoms with Crippen molar-refractivity contribution in [2.45, 2.75) is 20.4 Å². The van der Waals surface area contributed by atoms with Gasteiger partial charge in [0.2, 0.25) is 0 Å². The second-order valence-corrected chi connectivity index (χ2v) is 7.29. The highest BCUT2D eigenvalue weighted by Gasteiger charge is 2.20. The second-order valence-electron chi connectivity index (χ2n) is 7.29. The average Bonchev–Trinajstić information content (AvgIpc) is 2.75. The van der Waals surface area contributed by atoms with Crippen LogP contribution in [-0.4, -0.2) is 36.1 Å². The van der Waals surface area contributed by atoms with E-state index in [1.54, 1.807) is 6.33 Å². The molecule has 2 heterocycles. The first-order chi connectivity index (χ1) is 13.7. The summed E-state index contributed by atoms with van der Waals surface area (Å²) in [5, 5.41) is 3.40. The normalized spacial score (nSPS) is 14.2. The van der Waals surface area contributed by atoms with Crippen molar-refractivity contribution < 1.29 is 0 Å². The van der Waals surface area contributed by atoms with Crippen LogP contribution in [0.2, 0.25) is 0 Å². The molecule has 0 amide bonds. The molecule has 4 rings (SSSR count). The first-order valence-corrected chi connectivity index (χ1v) is 9.86. The van der Waals surface area contributed by atoms with E-state index in [0.29, 0.717) is 0 Å². The number of piperazine rings is 1. The van der Waals surface area contributed by atoms with Crippen LogP contribution in [0.4, 0.5) is 17.3 Å². The first-order valence-electron chi connectivity index (χ1n) is 9.86. The lowest BCUT2D eigenvalue weighted by atomic mass is 10.1. The van der Waals surface area contributed by atoms with Crippen LogP contribution in [0.5, 0.6) is 0 Å². The second kappa shape index (κ2) is 8.30. The van der Waals surface area contributed by atoms with E-state index in [1.165, 1.54) is 22.4 Å². The average molecular weight is 374 g/mol. The van der Waals surface area contributed by atoms with Crippen LogP contribution in [0.3, 0.4) is 0 Å². The molecule has 0 unspecified atom stereocenters. The molecule has 3 aromatic rings. The van der Waals surface area contributed by atoms with Gasteiger partial charge >= 0.3 is 0 Å². The van der Waals surface area contributed by atoms with E-state index in [0.717, 1.165) is 44.4 Å². The van der Waals surface area contributed by atoms with Crippen molar-refractivity contribution in [3.63, 3.8) is 0 Å². The van der Waals surface area contributed by atoms with Crippen LogP contribution in [0.15, 0.2) is 60.9 Å². The minimum Gasteiger partial charge on any atom is -0.368 e. The number of anilines is 3. The van der Waals surface area contributed by atoms with E-state index in [9.17, 15) is 0 Å². The Labute approximate surface area is 167 Å². The molecular weight excluding hydrogens is 346 g/mol. The zero-order valence-electron chi connectivity index (χ0n) is 16.6. The monoisotopic (exact) mass is 373 g/mol. The maximum absolute atomic E-state index is 4.50. The molecule has 1 N–H and O–H groups in total. The molecule has 0 radical (unpaired) electrons. The maximum atomic E-state index is 4.50. The third-order valence-electron chi connectivity index (χ3n) is 5.49. The summed E-state index contributed by atoms with van der Waals surface area (Å²) in [5.74, 6) is 1.86. The van der Waals surface area contributed by atoms with E-state index < -0.39 is 0 Å². The smallest absolute Gasteiger partial charge is 0.134 e. The van der Waals surface area contributed by atoms with Gasteiger partial charge in [-0.2, -0.15) is 0 Å². The van der Waals surface area contributed by atoms with Gasteiger partial charge in [0.1, 0.15) is 18.0 Å². The summed E-state index contributed by atoms with van der Waals surface area (Å²) in [7, 11) is 0. The molecular formula is C23H27N5. The number of benzene rings is 2. The van der Waals surface area contributed by atoms with Gasteiger partial charge < -0.3 is 15.1 Å². The summed E-state index contributed by atoms with van der Waals surface area (Å²) in [6, 6.07) is 19.0. The fourth-order valence-corrected chi connectivity index (χ4v) is 3.66. The SMILES string of the molecule is Cc1cccc(N2CCN(c3cc(NCc4ccccc4)ncn3)CC2)c1C. The number of nitrogens with one attached hydrogen (secondary N) is 1. The molecule has 2 aromatic carbocycles. The highest BCUT2D eigenvalue weighted by molar-refractivity contribution is 5.57. The zero-order valence-corrected chi connectivity index (χ0v) is 16.6. The van der Waals surface area contributed by atoms with Crippen LogP contribution in [0, 0.1) is 13.8 Å². The Morgan fingerprint density at radius 3 is 2.39 bits per heavy atom. The molecule has 5 nitrogen and oxygen atoms in total. The minimum atomic E-state index is 0.762. The summed E-state index contributed by atoms with van der Waals surface area (Å²) < 4.78 is 0. The number of hydrogen-bond donors (Lipinski definition) is 1. The lowest BCUT2D eigenvalue weighted by Gasteiger charge is -2.37. The van der Waals surface area contributed by atoms with E-state index in [2.05, 4.69) is 87.5 Å². The van der Waals surface area contributed by atoms with Crippen LogP contribution in [-0.2, 0) is 6.54 Å². The molecule has 1 saturated heterocycles. The van der Waals surface area contributed by atoms with Gasteiger partial charge in [0, 0.05) is 44.5 Å². The number of aromatic nitrogens is 2. The van der Waals surface area contributed by atoms with Gasteiger partial charge in [0.15, 0.2) is 0 Å². The van der Waals surface area contributed by atoms with Crippen molar-refractivity contribution in [1.82, 2.24) is 9.97 Å². The molecule has 1 aromatic heterocycles. The largest absolute Gasteiger partial charge is 0.368 e. The lowest BCUT2D eigenvalue weighted by Crippen LogP contribution is -2.47.